The summed E-state index contributed by atoms with van der Waals surface area (Å²) in [6.07, 6.45) is 0.999. The Morgan fingerprint density at radius 2 is 1.89 bits per heavy atom. The molecule has 2 rings (SSSR count). The molecule has 0 aliphatic heterocycles. The van der Waals surface area contributed by atoms with Crippen LogP contribution in [0.3, 0.4) is 0 Å². The summed E-state index contributed by atoms with van der Waals surface area (Å²) in [5.74, 6) is 1.36. The zero-order valence-electron chi connectivity index (χ0n) is 15.4. The highest BCUT2D eigenvalue weighted by atomic mass is 79.9. The number of aliphatic hydroxyl groups is 1. The molecule has 0 saturated heterocycles. The number of methoxy groups -OCH3 is 1. The van der Waals surface area contributed by atoms with Crippen molar-refractivity contribution in [3.8, 4) is 11.5 Å². The predicted octanol–water partition coefficient (Wildman–Crippen LogP) is 3.75. The molecule has 0 atom stereocenters. The van der Waals surface area contributed by atoms with Gasteiger partial charge in [0.15, 0.2) is 11.5 Å². The van der Waals surface area contributed by atoms with Crippen LogP contribution >= 0.6 is 27.5 Å². The van der Waals surface area contributed by atoms with Crippen LogP contribution in [0.25, 0.3) is 0 Å². The van der Waals surface area contributed by atoms with E-state index in [2.05, 4.69) is 26.6 Å². The Balaban J connectivity index is 1.90. The first kappa shape index (κ1) is 22.0. The molecule has 0 spiro atoms. The van der Waals surface area contributed by atoms with Crippen LogP contribution in [0, 0.1) is 0 Å². The first-order valence-electron chi connectivity index (χ1n) is 8.90. The van der Waals surface area contributed by atoms with Gasteiger partial charge in [-0.3, -0.25) is 0 Å². The van der Waals surface area contributed by atoms with Crippen molar-refractivity contribution >= 4 is 27.5 Å². The van der Waals surface area contributed by atoms with Crippen molar-refractivity contribution in [1.29, 1.82) is 0 Å². The first-order chi connectivity index (χ1) is 13.1. The van der Waals surface area contributed by atoms with E-state index in [0.717, 1.165) is 41.7 Å². The van der Waals surface area contributed by atoms with Gasteiger partial charge < -0.3 is 25.2 Å². The quantitative estimate of drug-likeness (QED) is 0.424. The molecule has 0 saturated carbocycles. The molecule has 0 fully saturated rings. The summed E-state index contributed by atoms with van der Waals surface area (Å²) < 4.78 is 12.3. The number of benzene rings is 2. The number of nitrogens with one attached hydrogen (secondary N) is 2. The Labute approximate surface area is 174 Å². The number of halogens is 2. The standard InChI is InChI=1S/C20H26BrClN2O3/c1-26-19-12-16(13-24-7-3-6-23-8-9-25)11-18(21)20(19)27-14-15-4-2-5-17(22)10-15/h2,4-5,10-12,23-25H,3,6-9,13-14H2,1H3. The SMILES string of the molecule is COc1cc(CNCCCNCCO)cc(Br)c1OCc1cccc(Cl)c1. The van der Waals surface area contributed by atoms with Gasteiger partial charge in [-0.15, -0.1) is 0 Å². The van der Waals surface area contributed by atoms with E-state index in [1.54, 1.807) is 7.11 Å². The van der Waals surface area contributed by atoms with Crippen molar-refractivity contribution < 1.29 is 14.6 Å². The van der Waals surface area contributed by atoms with Crippen molar-refractivity contribution in [2.24, 2.45) is 0 Å². The maximum Gasteiger partial charge on any atom is 0.175 e. The third kappa shape index (κ3) is 7.68. The number of hydrogen-bond donors (Lipinski definition) is 3. The summed E-state index contributed by atoms with van der Waals surface area (Å²) >= 11 is 9.61. The predicted molar refractivity (Wildman–Crippen MR) is 113 cm³/mol. The highest BCUT2D eigenvalue weighted by Gasteiger charge is 2.12. The number of rotatable bonds is 12. The molecule has 2 aromatic carbocycles. The van der Waals surface area contributed by atoms with Crippen LogP contribution in [0.1, 0.15) is 17.5 Å². The van der Waals surface area contributed by atoms with E-state index in [1.807, 2.05) is 36.4 Å². The maximum absolute atomic E-state index is 8.72. The molecular formula is C20H26BrClN2O3. The Kier molecular flexibility index (Phi) is 9.94. The lowest BCUT2D eigenvalue weighted by atomic mass is 10.2. The largest absolute Gasteiger partial charge is 0.493 e. The van der Waals surface area contributed by atoms with E-state index in [-0.39, 0.29) is 6.61 Å². The van der Waals surface area contributed by atoms with Gasteiger partial charge in [0.2, 0.25) is 0 Å². The topological polar surface area (TPSA) is 62.8 Å². The van der Waals surface area contributed by atoms with Crippen LogP contribution in [-0.4, -0.2) is 38.5 Å². The Bertz CT molecular complexity index is 716. The molecule has 0 aromatic heterocycles. The van der Waals surface area contributed by atoms with Crippen LogP contribution in [0.5, 0.6) is 11.5 Å². The molecule has 0 radical (unpaired) electrons. The second-order valence-corrected chi connectivity index (χ2v) is 7.32. The summed E-state index contributed by atoms with van der Waals surface area (Å²) in [5.41, 5.74) is 2.11. The van der Waals surface area contributed by atoms with Crippen LogP contribution in [-0.2, 0) is 13.2 Å². The van der Waals surface area contributed by atoms with Gasteiger partial charge in [0.1, 0.15) is 6.61 Å². The van der Waals surface area contributed by atoms with Crippen molar-refractivity contribution in [2.45, 2.75) is 19.6 Å². The Hall–Kier alpha value is -1.31. The van der Waals surface area contributed by atoms with Gasteiger partial charge >= 0.3 is 0 Å². The molecule has 7 heteroatoms. The highest BCUT2D eigenvalue weighted by Crippen LogP contribution is 2.37. The highest BCUT2D eigenvalue weighted by molar-refractivity contribution is 9.10. The van der Waals surface area contributed by atoms with Crippen LogP contribution < -0.4 is 20.1 Å². The Morgan fingerprint density at radius 1 is 1.07 bits per heavy atom. The molecule has 148 valence electrons. The molecule has 3 N–H and O–H groups in total. The second-order valence-electron chi connectivity index (χ2n) is 6.03. The van der Waals surface area contributed by atoms with Gasteiger partial charge in [0.25, 0.3) is 0 Å². The van der Waals surface area contributed by atoms with Crippen LogP contribution in [0.2, 0.25) is 5.02 Å². The van der Waals surface area contributed by atoms with Crippen LogP contribution in [0.15, 0.2) is 40.9 Å². The van der Waals surface area contributed by atoms with Gasteiger partial charge in [-0.25, -0.2) is 0 Å². The van der Waals surface area contributed by atoms with E-state index in [1.165, 1.54) is 0 Å². The average Bonchev–Trinajstić information content (AvgIpc) is 2.66. The zero-order chi connectivity index (χ0) is 19.5. The fourth-order valence-electron chi connectivity index (χ4n) is 2.57. The minimum absolute atomic E-state index is 0.174. The van der Waals surface area contributed by atoms with E-state index in [0.29, 0.717) is 29.7 Å². The Morgan fingerprint density at radius 3 is 2.63 bits per heavy atom. The lowest BCUT2D eigenvalue weighted by Gasteiger charge is -2.15. The minimum Gasteiger partial charge on any atom is -0.493 e. The van der Waals surface area contributed by atoms with Crippen molar-refractivity contribution in [3.05, 3.63) is 57.0 Å². The third-order valence-corrected chi connectivity index (χ3v) is 4.71. The molecule has 0 unspecified atom stereocenters. The molecule has 0 heterocycles. The van der Waals surface area contributed by atoms with E-state index in [4.69, 9.17) is 26.2 Å². The van der Waals surface area contributed by atoms with E-state index >= 15 is 0 Å². The lowest BCUT2D eigenvalue weighted by molar-refractivity contribution is 0.282. The normalized spacial score (nSPS) is 10.8. The van der Waals surface area contributed by atoms with Gasteiger partial charge in [0, 0.05) is 18.1 Å². The van der Waals surface area contributed by atoms with E-state index < -0.39 is 0 Å². The fraction of sp³-hybridized carbons (Fsp3) is 0.400. The van der Waals surface area contributed by atoms with Gasteiger partial charge in [-0.1, -0.05) is 23.7 Å². The lowest BCUT2D eigenvalue weighted by Crippen LogP contribution is -2.23. The van der Waals surface area contributed by atoms with Crippen molar-refractivity contribution in [1.82, 2.24) is 10.6 Å². The summed E-state index contributed by atoms with van der Waals surface area (Å²) in [6, 6.07) is 11.6. The molecule has 0 aliphatic carbocycles. The molecule has 0 amide bonds. The molecule has 0 aliphatic rings. The molecular weight excluding hydrogens is 432 g/mol. The summed E-state index contributed by atoms with van der Waals surface area (Å²) in [4.78, 5) is 0. The monoisotopic (exact) mass is 456 g/mol. The molecule has 27 heavy (non-hydrogen) atoms. The zero-order valence-corrected chi connectivity index (χ0v) is 17.8. The molecule has 5 nitrogen and oxygen atoms in total. The maximum atomic E-state index is 8.72. The number of ether oxygens (including phenoxy) is 2. The minimum atomic E-state index is 0.174. The first-order valence-corrected chi connectivity index (χ1v) is 10.1. The van der Waals surface area contributed by atoms with Gasteiger partial charge in [-0.2, -0.15) is 0 Å². The van der Waals surface area contributed by atoms with E-state index in [9.17, 15) is 0 Å². The smallest absolute Gasteiger partial charge is 0.175 e. The summed E-state index contributed by atoms with van der Waals surface area (Å²) in [5, 5.41) is 16.0. The number of hydrogen-bond acceptors (Lipinski definition) is 5. The van der Waals surface area contributed by atoms with Crippen LogP contribution in [0.4, 0.5) is 0 Å². The fourth-order valence-corrected chi connectivity index (χ4v) is 3.39. The van der Waals surface area contributed by atoms with Crippen molar-refractivity contribution in [2.75, 3.05) is 33.4 Å². The van der Waals surface area contributed by atoms with Gasteiger partial charge in [-0.05, 0) is 70.8 Å². The average molecular weight is 458 g/mol. The summed E-state index contributed by atoms with van der Waals surface area (Å²) in [7, 11) is 1.64. The second kappa shape index (κ2) is 12.2. The molecule has 0 bridgehead atoms. The van der Waals surface area contributed by atoms with Crippen molar-refractivity contribution in [3.63, 3.8) is 0 Å². The van der Waals surface area contributed by atoms with Gasteiger partial charge in [0.05, 0.1) is 18.2 Å². The summed E-state index contributed by atoms with van der Waals surface area (Å²) in [6.45, 7) is 3.74. The number of aliphatic hydroxyl groups excluding tert-OH is 1. The molecule has 2 aromatic rings. The third-order valence-electron chi connectivity index (χ3n) is 3.89.